The average Bonchev–Trinajstić information content (AvgIpc) is 1.59. The number of rotatable bonds is 47. The summed E-state index contributed by atoms with van der Waals surface area (Å²) in [5, 5.41) is 27.0. The standard InChI is InChI=1S/C86H101ClFN15O22S3/c1-52(2)77(99-69(104)31-41-122-42-38-102-72(107)28-29-73(102)108)81(110)98-63(17-13-33-92-86(89)114)80(109)96-59-25-22-56(57(44-59)46-100(4)84(111)64(97-71(106)50-128(118,119)120)16-11-12-32-90-70(105)49-127(115,116)117)47-103(5)39-35-101(36-40-103)37-43-123-67-27-26-61(53(3)76(67)87)74-75-82(93-51-94-83(75)126-78(74)54-20-23-58(88)24-21-54)125-68(85(112)113)45-55-14-7-9-18-65(55)124-48-60-30-34-91-79(95-60)62-15-8-10-19-66(62)121-6/h7-10,14-15,18-30,34,44,51-52,63-64,68,77H,11-13,16-17,31-33,35-43,45-50H2,1-6H3,(H10-,89,90,92,96,97,98,99,104,105,106,109,110,112,113,114,115,116,117,118,119,120)/p+1/t63?,64?,68-,77?/m1/s1. The fourth-order valence-electron chi connectivity index (χ4n) is 14.4. The van der Waals surface area contributed by atoms with E-state index in [1.807, 2.05) is 38.2 Å². The lowest BCUT2D eigenvalue weighted by molar-refractivity contribution is -0.926. The Labute approximate surface area is 747 Å². The normalized spacial score (nSPS) is 14.3. The van der Waals surface area contributed by atoms with Gasteiger partial charge < -0.3 is 75.8 Å². The van der Waals surface area contributed by atoms with Crippen LogP contribution in [0.1, 0.15) is 80.3 Å². The first-order valence-electron chi connectivity index (χ1n) is 40.9. The number of methoxy groups -OCH3 is 1. The second-order valence-electron chi connectivity index (χ2n) is 31.1. The highest BCUT2D eigenvalue weighted by Crippen LogP contribution is 2.50. The molecular formula is C86H102ClFN15O22S3+. The highest BCUT2D eigenvalue weighted by atomic mass is 35.5. The molecule has 0 saturated carbocycles. The summed E-state index contributed by atoms with van der Waals surface area (Å²) in [6.45, 7) is 7.88. The van der Waals surface area contributed by atoms with Gasteiger partial charge in [0.2, 0.25) is 47.4 Å². The average molecular weight is 1850 g/mol. The molecule has 11 N–H and O–H groups in total. The Hall–Kier alpha value is -12.2. The minimum Gasteiger partial charge on any atom is -0.496 e. The van der Waals surface area contributed by atoms with Gasteiger partial charge in [-0.25, -0.2) is 33.9 Å². The predicted octanol–water partition coefficient (Wildman–Crippen LogP) is 6.44. The number of carbonyl (C=O) groups is 10. The molecule has 0 spiro atoms. The van der Waals surface area contributed by atoms with Gasteiger partial charge in [-0.2, -0.15) is 16.8 Å². The number of imide groups is 1. The van der Waals surface area contributed by atoms with E-state index in [0.717, 1.165) is 17.1 Å². The maximum absolute atomic E-state index is 14.7. The molecule has 0 radical (unpaired) electrons. The van der Waals surface area contributed by atoms with Crippen molar-refractivity contribution >= 4 is 118 Å². The van der Waals surface area contributed by atoms with Crippen LogP contribution in [0.2, 0.25) is 5.02 Å². The first kappa shape index (κ1) is 98.0. The zero-order valence-electron chi connectivity index (χ0n) is 71.1. The summed E-state index contributed by atoms with van der Waals surface area (Å²) in [6.07, 6.45) is 3.38. The third-order valence-electron chi connectivity index (χ3n) is 21.1. The van der Waals surface area contributed by atoms with Crippen molar-refractivity contribution < 1.29 is 112 Å². The SMILES string of the molecule is COc1ccccc1-c1nccc(COc2ccccc2C[C@@H](Oc2ncnc3sc(-c4ccc(F)cc4)c(-c4ccc(OCCN5CC[N+](C)(Cc6ccc(NC(=O)C(CCCNC(N)=O)NC(=O)C(NC(=O)CCOCCN7C(=O)C=CC7=O)C(C)C)cc6CN(C)C(=O)C(CCCCNC(=O)CS(=O)(=O)O)NC(=O)CS(=O)(=O)O)CC5)c(Cl)c4C)c23)C(=O)O)n1. The number of aliphatic carboxylic acids is 1. The number of carbonyl (C=O) groups excluding carboxylic acids is 9. The number of fused-ring (bicyclic) bond motifs is 1. The number of carboxylic acids is 1. The van der Waals surface area contributed by atoms with E-state index in [1.165, 1.54) is 41.7 Å². The number of quaternary nitrogens is 1. The van der Waals surface area contributed by atoms with E-state index in [2.05, 4.69) is 51.8 Å². The van der Waals surface area contributed by atoms with Gasteiger partial charge in [-0.05, 0) is 127 Å². The lowest BCUT2D eigenvalue weighted by Crippen LogP contribution is -2.57. The minimum absolute atomic E-state index is 0.00270. The van der Waals surface area contributed by atoms with Crippen LogP contribution in [0.3, 0.4) is 0 Å². The van der Waals surface area contributed by atoms with Gasteiger partial charge in [-0.1, -0.05) is 80.0 Å². The smallest absolute Gasteiger partial charge is 0.345 e. The molecule has 5 aromatic carbocycles. The number of unbranched alkanes of at least 4 members (excludes halogenated alkanes) is 1. The number of nitrogens with zero attached hydrogens (tertiary/aromatic N) is 8. The maximum Gasteiger partial charge on any atom is 0.345 e. The number of primary amides is 1. The summed E-state index contributed by atoms with van der Waals surface area (Å²) < 4.78 is 110. The van der Waals surface area contributed by atoms with Crippen molar-refractivity contribution in [3.05, 3.63) is 173 Å². The van der Waals surface area contributed by atoms with Gasteiger partial charge in [0.05, 0.1) is 68.7 Å². The summed E-state index contributed by atoms with van der Waals surface area (Å²) in [4.78, 5) is 155. The zero-order valence-corrected chi connectivity index (χ0v) is 74.3. The Morgan fingerprint density at radius 1 is 0.719 bits per heavy atom. The number of nitrogens with one attached hydrogen (secondary N) is 6. The fraction of sp³-hybridized carbons (Fsp3) is 0.395. The van der Waals surface area contributed by atoms with Crippen LogP contribution in [0.5, 0.6) is 23.1 Å². The number of para-hydroxylation sites is 2. The van der Waals surface area contributed by atoms with Crippen molar-refractivity contribution in [1.82, 2.24) is 61.2 Å². The van der Waals surface area contributed by atoms with E-state index in [1.54, 1.807) is 100.0 Å². The first-order chi connectivity index (χ1) is 60.9. The van der Waals surface area contributed by atoms with Crippen LogP contribution in [-0.2, 0) is 94.2 Å². The molecule has 10 amide bonds. The molecule has 2 aliphatic rings. The van der Waals surface area contributed by atoms with E-state index in [4.69, 9.17) is 50.6 Å². The number of likely N-dealkylation sites (N-methyl/N-ethyl adjacent to an activating group) is 2. The number of hydrogen-bond acceptors (Lipinski definition) is 25. The molecule has 42 heteroatoms. The third kappa shape index (κ3) is 28.4. The Morgan fingerprint density at radius 2 is 1.41 bits per heavy atom. The van der Waals surface area contributed by atoms with Crippen LogP contribution in [-0.4, -0.2) is 259 Å². The Kier molecular flexibility index (Phi) is 34.8. The van der Waals surface area contributed by atoms with Gasteiger partial charge in [0.15, 0.2) is 17.3 Å². The van der Waals surface area contributed by atoms with Crippen molar-refractivity contribution in [1.29, 1.82) is 0 Å². The van der Waals surface area contributed by atoms with E-state index >= 15 is 0 Å². The van der Waals surface area contributed by atoms with Gasteiger partial charge >= 0.3 is 12.0 Å². The molecule has 5 heterocycles. The highest BCUT2D eigenvalue weighted by molar-refractivity contribution is 7.86. The third-order valence-corrected chi connectivity index (χ3v) is 24.0. The molecule has 2 aliphatic heterocycles. The maximum atomic E-state index is 14.7. The van der Waals surface area contributed by atoms with Crippen LogP contribution in [0, 0.1) is 18.7 Å². The van der Waals surface area contributed by atoms with E-state index in [9.17, 15) is 78.8 Å². The number of anilines is 1. The van der Waals surface area contributed by atoms with Crippen LogP contribution in [0.4, 0.5) is 14.9 Å². The second-order valence-corrected chi connectivity index (χ2v) is 35.4. The number of benzene rings is 5. The van der Waals surface area contributed by atoms with E-state index in [0.29, 0.717) is 132 Å². The molecule has 4 atom stereocenters. The topological polar surface area (TPSA) is 505 Å². The predicted molar refractivity (Wildman–Crippen MR) is 470 cm³/mol. The molecule has 0 bridgehead atoms. The zero-order chi connectivity index (χ0) is 92.6. The molecule has 1 saturated heterocycles. The monoisotopic (exact) mass is 1850 g/mol. The lowest BCUT2D eigenvalue weighted by atomic mass is 9.96. The minimum atomic E-state index is -4.89. The van der Waals surface area contributed by atoms with Crippen molar-refractivity contribution in [3.8, 4) is 56.1 Å². The van der Waals surface area contributed by atoms with Gasteiger partial charge in [-0.3, -0.25) is 57.3 Å². The van der Waals surface area contributed by atoms with Crippen molar-refractivity contribution in [2.75, 3.05) is 110 Å². The first-order valence-corrected chi connectivity index (χ1v) is 45.3. The molecule has 0 aliphatic carbocycles. The van der Waals surface area contributed by atoms with Gasteiger partial charge in [0.25, 0.3) is 32.1 Å². The lowest BCUT2D eigenvalue weighted by Gasteiger charge is -2.42. The summed E-state index contributed by atoms with van der Waals surface area (Å²) in [5.41, 5.74) is 10.8. The number of hydrogen-bond donors (Lipinski definition) is 10. The molecule has 1 fully saturated rings. The van der Waals surface area contributed by atoms with Gasteiger partial charge in [0.1, 0.15) is 72.1 Å². The number of piperazine rings is 1. The van der Waals surface area contributed by atoms with E-state index < -0.39 is 127 Å². The number of nitrogens with two attached hydrogens (primary N) is 1. The van der Waals surface area contributed by atoms with Crippen LogP contribution < -0.4 is 56.6 Å². The largest absolute Gasteiger partial charge is 0.496 e. The molecule has 684 valence electrons. The number of amides is 10. The van der Waals surface area contributed by atoms with E-state index in [-0.39, 0.29) is 114 Å². The van der Waals surface area contributed by atoms with Crippen LogP contribution in [0.25, 0.3) is 43.2 Å². The van der Waals surface area contributed by atoms with Crippen molar-refractivity contribution in [2.45, 2.75) is 110 Å². The molecule has 3 unspecified atom stereocenters. The number of halogens is 2. The Balaban J connectivity index is 0.844. The molecule has 10 rings (SSSR count). The molecule has 3 aromatic heterocycles. The molecule has 128 heavy (non-hydrogen) atoms. The van der Waals surface area contributed by atoms with Gasteiger partial charge in [0, 0.05) is 99.2 Å². The Bertz CT molecular complexity index is 5630. The number of aromatic nitrogens is 4. The summed E-state index contributed by atoms with van der Waals surface area (Å²) in [6, 6.07) is 25.7. The number of carboxylic acid groups (broad SMARTS) is 1. The molecular weight excluding hydrogens is 1750 g/mol. The van der Waals surface area contributed by atoms with Gasteiger partial charge in [-0.15, -0.1) is 11.3 Å². The quantitative estimate of drug-likeness (QED) is 0.00849. The Morgan fingerprint density at radius 3 is 2.10 bits per heavy atom. The molecule has 8 aromatic rings. The number of ether oxygens (including phenoxy) is 5. The summed E-state index contributed by atoms with van der Waals surface area (Å²) in [7, 11) is -4.51. The second kappa shape index (κ2) is 45.5. The fourth-order valence-corrected chi connectivity index (χ4v) is 16.6. The summed E-state index contributed by atoms with van der Waals surface area (Å²) >= 11 is 8.58. The summed E-state index contributed by atoms with van der Waals surface area (Å²) in [5.74, 6) is -9.17. The van der Waals surface area contributed by atoms with Crippen LogP contribution >= 0.6 is 22.9 Å². The van der Waals surface area contributed by atoms with Crippen LogP contribution in [0.15, 0.2) is 134 Å². The number of thiophene rings is 1. The van der Waals surface area contributed by atoms with Crippen molar-refractivity contribution in [3.63, 3.8) is 0 Å². The molecule has 37 nitrogen and oxygen atoms in total. The highest BCUT2D eigenvalue weighted by Gasteiger charge is 2.36. The number of urea groups is 1. The van der Waals surface area contributed by atoms with Crippen molar-refractivity contribution in [2.24, 2.45) is 11.7 Å².